The fourth-order valence-electron chi connectivity index (χ4n) is 1.41. The predicted octanol–water partition coefficient (Wildman–Crippen LogP) is 0.873. The van der Waals surface area contributed by atoms with Crippen LogP contribution in [0, 0.1) is 0 Å². The highest BCUT2D eigenvalue weighted by atomic mass is 16.6. The summed E-state index contributed by atoms with van der Waals surface area (Å²) in [4.78, 5) is 11.3. The molecule has 1 heterocycles. The first-order valence-corrected chi connectivity index (χ1v) is 4.71. The molecule has 1 rings (SSSR count). The highest BCUT2D eigenvalue weighted by Crippen LogP contribution is 2.13. The van der Waals surface area contributed by atoms with Crippen molar-refractivity contribution in [3.05, 3.63) is 0 Å². The highest BCUT2D eigenvalue weighted by Gasteiger charge is 2.30. The molecule has 1 amide bonds. The topological polar surface area (TPSA) is 50.4 Å². The molecule has 13 heavy (non-hydrogen) atoms. The summed E-state index contributed by atoms with van der Waals surface area (Å²) in [5, 5.41) is 6.06. The number of hydrogen-bond acceptors (Lipinski definition) is 3. The Balaban J connectivity index is 2.34. The number of carbonyl (C=O) groups excluding carboxylic acids is 1. The van der Waals surface area contributed by atoms with Gasteiger partial charge in [-0.05, 0) is 33.7 Å². The van der Waals surface area contributed by atoms with Crippen molar-refractivity contribution in [2.45, 2.75) is 38.8 Å². The summed E-state index contributed by atoms with van der Waals surface area (Å²) in [6, 6.07) is 0. The summed E-state index contributed by atoms with van der Waals surface area (Å²) in [6.07, 6.45) is 0.583. The van der Waals surface area contributed by atoms with E-state index in [1.54, 1.807) is 0 Å². The Morgan fingerprint density at radius 3 is 2.77 bits per heavy atom. The first kappa shape index (κ1) is 10.3. The first-order chi connectivity index (χ1) is 6.02. The Bertz CT molecular complexity index is 186. The standard InChI is InChI=1S/C9H18N2O2/c1-7(2)13-8(12)11-9(3)4-5-10-6-9/h7,10H,4-6H2,1-3H3,(H,11,12). The second-order valence-electron chi connectivity index (χ2n) is 4.07. The van der Waals surface area contributed by atoms with Crippen molar-refractivity contribution in [3.63, 3.8) is 0 Å². The molecule has 0 aromatic carbocycles. The molecule has 0 saturated carbocycles. The molecule has 0 aromatic heterocycles. The van der Waals surface area contributed by atoms with Gasteiger partial charge in [0.2, 0.25) is 0 Å². The fraction of sp³-hybridized carbons (Fsp3) is 0.889. The van der Waals surface area contributed by atoms with Gasteiger partial charge in [0.05, 0.1) is 11.6 Å². The number of hydrogen-bond donors (Lipinski definition) is 2. The molecule has 0 aliphatic carbocycles. The fourth-order valence-corrected chi connectivity index (χ4v) is 1.41. The second kappa shape index (κ2) is 3.96. The average molecular weight is 186 g/mol. The molecule has 1 saturated heterocycles. The molecular weight excluding hydrogens is 168 g/mol. The van der Waals surface area contributed by atoms with E-state index in [9.17, 15) is 4.79 Å². The van der Waals surface area contributed by atoms with Gasteiger partial charge in [-0.3, -0.25) is 0 Å². The maximum atomic E-state index is 11.3. The molecule has 1 aliphatic heterocycles. The zero-order valence-electron chi connectivity index (χ0n) is 8.52. The number of rotatable bonds is 2. The number of ether oxygens (including phenoxy) is 1. The molecule has 0 aromatic rings. The van der Waals surface area contributed by atoms with Gasteiger partial charge in [-0.1, -0.05) is 0 Å². The van der Waals surface area contributed by atoms with Crippen LogP contribution in [0.15, 0.2) is 0 Å². The van der Waals surface area contributed by atoms with Gasteiger partial charge in [-0.15, -0.1) is 0 Å². The van der Waals surface area contributed by atoms with Crippen LogP contribution in [0.3, 0.4) is 0 Å². The third-order valence-corrected chi connectivity index (χ3v) is 2.12. The monoisotopic (exact) mass is 186 g/mol. The average Bonchev–Trinajstić information content (AvgIpc) is 2.33. The van der Waals surface area contributed by atoms with Gasteiger partial charge in [0.1, 0.15) is 0 Å². The molecule has 1 atom stereocenters. The Labute approximate surface area is 79.0 Å². The van der Waals surface area contributed by atoms with Crippen molar-refractivity contribution in [2.75, 3.05) is 13.1 Å². The Kier molecular flexibility index (Phi) is 3.14. The lowest BCUT2D eigenvalue weighted by molar-refractivity contribution is 0.107. The third kappa shape index (κ3) is 3.22. The van der Waals surface area contributed by atoms with Crippen molar-refractivity contribution in [3.8, 4) is 0 Å². The van der Waals surface area contributed by atoms with Gasteiger partial charge < -0.3 is 15.4 Å². The molecule has 4 heteroatoms. The smallest absolute Gasteiger partial charge is 0.407 e. The van der Waals surface area contributed by atoms with Crippen LogP contribution >= 0.6 is 0 Å². The summed E-state index contributed by atoms with van der Waals surface area (Å²) < 4.78 is 5.00. The van der Waals surface area contributed by atoms with E-state index in [2.05, 4.69) is 10.6 Å². The zero-order valence-corrected chi connectivity index (χ0v) is 8.52. The van der Waals surface area contributed by atoms with Gasteiger partial charge in [-0.25, -0.2) is 4.79 Å². The molecule has 0 spiro atoms. The molecule has 1 aliphatic rings. The number of alkyl carbamates (subject to hydrolysis) is 1. The van der Waals surface area contributed by atoms with Crippen LogP contribution in [0.5, 0.6) is 0 Å². The lowest BCUT2D eigenvalue weighted by Gasteiger charge is -2.24. The zero-order chi connectivity index (χ0) is 9.90. The number of amides is 1. The van der Waals surface area contributed by atoms with Crippen LogP contribution in [0.4, 0.5) is 4.79 Å². The van der Waals surface area contributed by atoms with Gasteiger partial charge in [0.25, 0.3) is 0 Å². The summed E-state index contributed by atoms with van der Waals surface area (Å²) in [7, 11) is 0. The largest absolute Gasteiger partial charge is 0.447 e. The first-order valence-electron chi connectivity index (χ1n) is 4.71. The van der Waals surface area contributed by atoms with E-state index < -0.39 is 0 Å². The molecule has 0 radical (unpaired) electrons. The van der Waals surface area contributed by atoms with Crippen LogP contribution in [0.25, 0.3) is 0 Å². The van der Waals surface area contributed by atoms with Crippen molar-refractivity contribution in [2.24, 2.45) is 0 Å². The summed E-state index contributed by atoms with van der Waals surface area (Å²) in [5.74, 6) is 0. The van der Waals surface area contributed by atoms with Crippen molar-refractivity contribution >= 4 is 6.09 Å². The van der Waals surface area contributed by atoms with E-state index in [1.165, 1.54) is 0 Å². The van der Waals surface area contributed by atoms with Crippen LogP contribution in [0.1, 0.15) is 27.2 Å². The van der Waals surface area contributed by atoms with Crippen molar-refractivity contribution in [1.29, 1.82) is 0 Å². The van der Waals surface area contributed by atoms with E-state index in [0.29, 0.717) is 0 Å². The summed E-state index contributed by atoms with van der Waals surface area (Å²) in [6.45, 7) is 7.48. The van der Waals surface area contributed by atoms with E-state index in [1.807, 2.05) is 20.8 Å². The second-order valence-corrected chi connectivity index (χ2v) is 4.07. The molecule has 1 fully saturated rings. The van der Waals surface area contributed by atoms with Crippen molar-refractivity contribution in [1.82, 2.24) is 10.6 Å². The SMILES string of the molecule is CC(C)OC(=O)NC1(C)CCNC1. The lowest BCUT2D eigenvalue weighted by Crippen LogP contribution is -2.48. The third-order valence-electron chi connectivity index (χ3n) is 2.12. The van der Waals surface area contributed by atoms with E-state index >= 15 is 0 Å². The Morgan fingerprint density at radius 2 is 2.31 bits per heavy atom. The van der Waals surface area contributed by atoms with Gasteiger partial charge >= 0.3 is 6.09 Å². The number of carbonyl (C=O) groups is 1. The van der Waals surface area contributed by atoms with Crippen LogP contribution < -0.4 is 10.6 Å². The molecule has 76 valence electrons. The molecule has 4 nitrogen and oxygen atoms in total. The Hall–Kier alpha value is -0.770. The van der Waals surface area contributed by atoms with Gasteiger partial charge in [-0.2, -0.15) is 0 Å². The van der Waals surface area contributed by atoms with Crippen LogP contribution in [-0.2, 0) is 4.74 Å². The van der Waals surface area contributed by atoms with Crippen molar-refractivity contribution < 1.29 is 9.53 Å². The maximum absolute atomic E-state index is 11.3. The minimum Gasteiger partial charge on any atom is -0.447 e. The van der Waals surface area contributed by atoms with E-state index in [0.717, 1.165) is 19.5 Å². The normalized spacial score (nSPS) is 27.7. The predicted molar refractivity (Wildman–Crippen MR) is 50.6 cm³/mol. The molecule has 1 unspecified atom stereocenters. The highest BCUT2D eigenvalue weighted by molar-refractivity contribution is 5.68. The van der Waals surface area contributed by atoms with Crippen LogP contribution in [0.2, 0.25) is 0 Å². The van der Waals surface area contributed by atoms with Crippen LogP contribution in [-0.4, -0.2) is 30.8 Å². The lowest BCUT2D eigenvalue weighted by atomic mass is 10.0. The molecule has 2 N–H and O–H groups in total. The van der Waals surface area contributed by atoms with Gasteiger partial charge in [0, 0.05) is 6.54 Å². The Morgan fingerprint density at radius 1 is 1.62 bits per heavy atom. The quantitative estimate of drug-likeness (QED) is 0.673. The maximum Gasteiger partial charge on any atom is 0.407 e. The minimum absolute atomic E-state index is 0.0574. The summed E-state index contributed by atoms with van der Waals surface area (Å²) in [5.41, 5.74) is -0.133. The number of nitrogens with one attached hydrogen (secondary N) is 2. The summed E-state index contributed by atoms with van der Waals surface area (Å²) >= 11 is 0. The van der Waals surface area contributed by atoms with Gasteiger partial charge in [0.15, 0.2) is 0 Å². The molecular formula is C9H18N2O2. The van der Waals surface area contributed by atoms with E-state index in [4.69, 9.17) is 4.74 Å². The minimum atomic E-state index is -0.318. The molecule has 0 bridgehead atoms. The van der Waals surface area contributed by atoms with E-state index in [-0.39, 0.29) is 17.7 Å².